The van der Waals surface area contributed by atoms with Crippen molar-refractivity contribution >= 4 is 27.5 Å². The molecule has 0 saturated carbocycles. The van der Waals surface area contributed by atoms with E-state index in [9.17, 15) is 9.90 Å². The normalized spacial score (nSPS) is 21.3. The largest absolute Gasteiger partial charge is 0.383 e. The van der Waals surface area contributed by atoms with E-state index in [0.29, 0.717) is 13.0 Å². The molecule has 1 saturated heterocycles. The molecule has 2 rings (SSSR count). The Morgan fingerprint density at radius 3 is 2.94 bits per heavy atom. The van der Waals surface area contributed by atoms with Crippen molar-refractivity contribution in [2.45, 2.75) is 25.9 Å². The summed E-state index contributed by atoms with van der Waals surface area (Å²) in [5.41, 5.74) is 1.93. The van der Waals surface area contributed by atoms with Gasteiger partial charge in [0.25, 0.3) is 5.91 Å². The summed E-state index contributed by atoms with van der Waals surface area (Å²) >= 11 is 3.39. The van der Waals surface area contributed by atoms with Crippen molar-refractivity contribution in [2.75, 3.05) is 11.4 Å². The van der Waals surface area contributed by atoms with E-state index in [0.717, 1.165) is 22.1 Å². The molecule has 1 aliphatic heterocycles. The number of piperidine rings is 1. The summed E-state index contributed by atoms with van der Waals surface area (Å²) in [4.78, 5) is 13.5. The van der Waals surface area contributed by atoms with Gasteiger partial charge in [0, 0.05) is 16.7 Å². The van der Waals surface area contributed by atoms with Gasteiger partial charge in [0.05, 0.1) is 0 Å². The standard InChI is InChI=1S/C12H14BrNO2/c1-8-7-9(13)4-5-10(8)14-6-2-3-11(15)12(14)16/h4-5,7,11,15H,2-3,6H2,1H3. The van der Waals surface area contributed by atoms with Gasteiger partial charge in [-0.1, -0.05) is 15.9 Å². The number of halogens is 1. The first kappa shape index (κ1) is 11.6. The van der Waals surface area contributed by atoms with Crippen LogP contribution in [0.5, 0.6) is 0 Å². The summed E-state index contributed by atoms with van der Waals surface area (Å²) in [7, 11) is 0. The van der Waals surface area contributed by atoms with Crippen LogP contribution in [-0.4, -0.2) is 23.7 Å². The summed E-state index contributed by atoms with van der Waals surface area (Å²) in [6.07, 6.45) is 0.588. The molecule has 1 amide bonds. The highest BCUT2D eigenvalue weighted by atomic mass is 79.9. The fourth-order valence-corrected chi connectivity index (χ4v) is 2.49. The molecular weight excluding hydrogens is 270 g/mol. The summed E-state index contributed by atoms with van der Waals surface area (Å²) in [6.45, 7) is 2.66. The van der Waals surface area contributed by atoms with E-state index in [2.05, 4.69) is 15.9 Å². The molecule has 16 heavy (non-hydrogen) atoms. The van der Waals surface area contributed by atoms with Gasteiger partial charge in [-0.3, -0.25) is 4.79 Å². The second-order valence-electron chi connectivity index (χ2n) is 4.08. The Labute approximate surface area is 103 Å². The minimum atomic E-state index is -0.836. The Balaban J connectivity index is 2.32. The minimum Gasteiger partial charge on any atom is -0.383 e. The summed E-state index contributed by atoms with van der Waals surface area (Å²) in [5.74, 6) is -0.184. The zero-order chi connectivity index (χ0) is 11.7. The molecule has 1 aromatic rings. The van der Waals surface area contributed by atoms with E-state index in [-0.39, 0.29) is 5.91 Å². The number of aryl methyl sites for hydroxylation is 1. The predicted molar refractivity (Wildman–Crippen MR) is 66.5 cm³/mol. The van der Waals surface area contributed by atoms with Crippen molar-refractivity contribution in [1.82, 2.24) is 0 Å². The SMILES string of the molecule is Cc1cc(Br)ccc1N1CCCC(O)C1=O. The van der Waals surface area contributed by atoms with Crippen LogP contribution in [-0.2, 0) is 4.79 Å². The number of rotatable bonds is 1. The maximum absolute atomic E-state index is 11.8. The number of carbonyl (C=O) groups excluding carboxylic acids is 1. The number of amides is 1. The third-order valence-corrected chi connectivity index (χ3v) is 3.35. The molecule has 1 heterocycles. The fraction of sp³-hybridized carbons (Fsp3) is 0.417. The molecule has 0 radical (unpaired) electrons. The highest BCUT2D eigenvalue weighted by Crippen LogP contribution is 2.27. The van der Waals surface area contributed by atoms with E-state index in [1.165, 1.54) is 0 Å². The van der Waals surface area contributed by atoms with Gasteiger partial charge in [-0.05, 0) is 43.5 Å². The van der Waals surface area contributed by atoms with E-state index in [4.69, 9.17) is 0 Å². The topological polar surface area (TPSA) is 40.5 Å². The molecule has 1 unspecified atom stereocenters. The van der Waals surface area contributed by atoms with Gasteiger partial charge in [0.1, 0.15) is 6.10 Å². The van der Waals surface area contributed by atoms with Crippen LogP contribution in [0.2, 0.25) is 0 Å². The zero-order valence-electron chi connectivity index (χ0n) is 9.11. The predicted octanol–water partition coefficient (Wildman–Crippen LogP) is 2.25. The van der Waals surface area contributed by atoms with Crippen LogP contribution in [0.25, 0.3) is 0 Å². The van der Waals surface area contributed by atoms with Crippen LogP contribution < -0.4 is 4.90 Å². The molecule has 86 valence electrons. The van der Waals surface area contributed by atoms with Crippen molar-refractivity contribution < 1.29 is 9.90 Å². The van der Waals surface area contributed by atoms with Crippen LogP contribution >= 0.6 is 15.9 Å². The number of benzene rings is 1. The van der Waals surface area contributed by atoms with Crippen LogP contribution in [0.3, 0.4) is 0 Å². The second-order valence-corrected chi connectivity index (χ2v) is 4.99. The first-order chi connectivity index (χ1) is 7.59. The molecule has 4 heteroatoms. The molecule has 0 bridgehead atoms. The van der Waals surface area contributed by atoms with Gasteiger partial charge < -0.3 is 10.0 Å². The molecule has 3 nitrogen and oxygen atoms in total. The van der Waals surface area contributed by atoms with Crippen LogP contribution in [0.4, 0.5) is 5.69 Å². The Kier molecular flexibility index (Phi) is 3.30. The summed E-state index contributed by atoms with van der Waals surface area (Å²) in [5, 5.41) is 9.55. The number of carbonyl (C=O) groups is 1. The third kappa shape index (κ3) is 2.13. The van der Waals surface area contributed by atoms with Gasteiger partial charge in [-0.25, -0.2) is 0 Å². The number of aliphatic hydroxyl groups excluding tert-OH is 1. The van der Waals surface area contributed by atoms with E-state index < -0.39 is 6.10 Å². The smallest absolute Gasteiger partial charge is 0.255 e. The van der Waals surface area contributed by atoms with Gasteiger partial charge in [-0.2, -0.15) is 0 Å². The maximum atomic E-state index is 11.8. The average molecular weight is 284 g/mol. The van der Waals surface area contributed by atoms with Crippen molar-refractivity contribution in [3.05, 3.63) is 28.2 Å². The van der Waals surface area contributed by atoms with Crippen LogP contribution in [0, 0.1) is 6.92 Å². The van der Waals surface area contributed by atoms with Gasteiger partial charge in [-0.15, -0.1) is 0 Å². The summed E-state index contributed by atoms with van der Waals surface area (Å²) < 4.78 is 0.999. The van der Waals surface area contributed by atoms with E-state index in [1.54, 1.807) is 4.90 Å². The Bertz CT molecular complexity index is 419. The maximum Gasteiger partial charge on any atom is 0.255 e. The number of nitrogens with zero attached hydrogens (tertiary/aromatic N) is 1. The molecule has 1 atom stereocenters. The fourth-order valence-electron chi connectivity index (χ4n) is 2.02. The molecule has 1 aromatic carbocycles. The Morgan fingerprint density at radius 1 is 1.50 bits per heavy atom. The lowest BCUT2D eigenvalue weighted by atomic mass is 10.1. The van der Waals surface area contributed by atoms with Gasteiger partial charge in [0.15, 0.2) is 0 Å². The van der Waals surface area contributed by atoms with Crippen molar-refractivity contribution in [1.29, 1.82) is 0 Å². The molecule has 0 spiro atoms. The molecule has 0 aliphatic carbocycles. The molecule has 1 N–H and O–H groups in total. The number of hydrogen-bond acceptors (Lipinski definition) is 2. The highest BCUT2D eigenvalue weighted by molar-refractivity contribution is 9.10. The van der Waals surface area contributed by atoms with Gasteiger partial charge >= 0.3 is 0 Å². The number of anilines is 1. The monoisotopic (exact) mass is 283 g/mol. The number of hydrogen-bond donors (Lipinski definition) is 1. The lowest BCUT2D eigenvalue weighted by Gasteiger charge is -2.31. The van der Waals surface area contributed by atoms with Crippen LogP contribution in [0.1, 0.15) is 18.4 Å². The van der Waals surface area contributed by atoms with E-state index in [1.807, 2.05) is 25.1 Å². The molecule has 0 aromatic heterocycles. The zero-order valence-corrected chi connectivity index (χ0v) is 10.7. The Hall–Kier alpha value is -0.870. The first-order valence-corrected chi connectivity index (χ1v) is 6.14. The van der Waals surface area contributed by atoms with Gasteiger partial charge in [0.2, 0.25) is 0 Å². The van der Waals surface area contributed by atoms with Crippen molar-refractivity contribution in [3.8, 4) is 0 Å². The lowest BCUT2D eigenvalue weighted by Crippen LogP contribution is -2.44. The van der Waals surface area contributed by atoms with E-state index >= 15 is 0 Å². The van der Waals surface area contributed by atoms with Crippen molar-refractivity contribution in [2.24, 2.45) is 0 Å². The molecule has 1 aliphatic rings. The third-order valence-electron chi connectivity index (χ3n) is 2.86. The quantitative estimate of drug-likeness (QED) is 0.859. The average Bonchev–Trinajstić information content (AvgIpc) is 2.23. The van der Waals surface area contributed by atoms with Crippen LogP contribution in [0.15, 0.2) is 22.7 Å². The molecular formula is C12H14BrNO2. The lowest BCUT2D eigenvalue weighted by molar-refractivity contribution is -0.128. The first-order valence-electron chi connectivity index (χ1n) is 5.35. The summed E-state index contributed by atoms with van der Waals surface area (Å²) in [6, 6.07) is 5.80. The number of aliphatic hydroxyl groups is 1. The highest BCUT2D eigenvalue weighted by Gasteiger charge is 2.28. The Morgan fingerprint density at radius 2 is 2.25 bits per heavy atom. The second kappa shape index (κ2) is 4.55. The molecule has 1 fully saturated rings. The van der Waals surface area contributed by atoms with Crippen molar-refractivity contribution in [3.63, 3.8) is 0 Å². The minimum absolute atomic E-state index is 0.184.